The molecule has 11 heteroatoms. The summed E-state index contributed by atoms with van der Waals surface area (Å²) in [6, 6.07) is -0.132. The van der Waals surface area contributed by atoms with Gasteiger partial charge in [0.05, 0.1) is 25.2 Å². The number of nitrogens with zero attached hydrogens (tertiary/aromatic N) is 1. The van der Waals surface area contributed by atoms with E-state index in [4.69, 9.17) is 0 Å². The van der Waals surface area contributed by atoms with Gasteiger partial charge in [0.1, 0.15) is 6.04 Å². The van der Waals surface area contributed by atoms with Crippen molar-refractivity contribution in [2.24, 2.45) is 17.3 Å². The van der Waals surface area contributed by atoms with Gasteiger partial charge < -0.3 is 16.0 Å². The van der Waals surface area contributed by atoms with Crippen LogP contribution in [-0.4, -0.2) is 54.6 Å². The van der Waals surface area contributed by atoms with Crippen LogP contribution in [-0.2, 0) is 14.4 Å². The molecule has 1 heterocycles. The molecule has 35 heavy (non-hydrogen) atoms. The van der Waals surface area contributed by atoms with Gasteiger partial charge in [0.2, 0.25) is 17.7 Å². The molecule has 3 atom stereocenters. The van der Waals surface area contributed by atoms with Crippen LogP contribution in [0.3, 0.4) is 0 Å². The molecule has 0 radical (unpaired) electrons. The van der Waals surface area contributed by atoms with Crippen molar-refractivity contribution in [1.82, 2.24) is 21.3 Å². The molecule has 3 aliphatic rings. The lowest BCUT2D eigenvalue weighted by atomic mass is 9.86. The van der Waals surface area contributed by atoms with E-state index in [0.717, 1.165) is 25.2 Å². The Morgan fingerprint density at radius 1 is 1.17 bits per heavy atom. The molecular weight excluding hydrogens is 463 g/mol. The number of nitrogens with one attached hydrogen (secondary N) is 4. The Hall–Kier alpha value is -2.35. The van der Waals surface area contributed by atoms with Gasteiger partial charge in [-0.1, -0.05) is 40.5 Å². The van der Waals surface area contributed by atoms with Gasteiger partial charge >= 0.3 is 6.18 Å². The minimum Gasteiger partial charge on any atom is -0.350 e. The van der Waals surface area contributed by atoms with E-state index in [2.05, 4.69) is 28.2 Å². The Labute approximate surface area is 205 Å². The third-order valence-corrected chi connectivity index (χ3v) is 6.52. The zero-order valence-electron chi connectivity index (χ0n) is 21.0. The largest absolute Gasteiger partial charge is 0.401 e. The summed E-state index contributed by atoms with van der Waals surface area (Å²) in [5, 5.41) is 19.3. The predicted molar refractivity (Wildman–Crippen MR) is 124 cm³/mol. The fourth-order valence-electron chi connectivity index (χ4n) is 3.88. The molecule has 1 saturated heterocycles. The number of amides is 3. The van der Waals surface area contributed by atoms with Gasteiger partial charge in [-0.25, -0.2) is 0 Å². The fourth-order valence-corrected chi connectivity index (χ4v) is 3.88. The smallest absolute Gasteiger partial charge is 0.350 e. The van der Waals surface area contributed by atoms with E-state index in [1.807, 2.05) is 6.07 Å². The Morgan fingerprint density at radius 3 is 2.20 bits per heavy atom. The number of carbonyl (C=O) groups excluding carboxylic acids is 3. The highest BCUT2D eigenvalue weighted by Crippen LogP contribution is 2.44. The number of carbonyl (C=O) groups is 3. The summed E-state index contributed by atoms with van der Waals surface area (Å²) >= 11 is 0. The maximum Gasteiger partial charge on any atom is 0.401 e. The monoisotopic (exact) mass is 501 g/mol. The molecule has 0 aromatic heterocycles. The first-order chi connectivity index (χ1) is 16.1. The maximum absolute atomic E-state index is 12.5. The van der Waals surface area contributed by atoms with Gasteiger partial charge in [-0.2, -0.15) is 18.4 Å². The fraction of sp³-hybridized carbons (Fsp3) is 0.833. The van der Waals surface area contributed by atoms with E-state index >= 15 is 0 Å². The van der Waals surface area contributed by atoms with Crippen LogP contribution < -0.4 is 21.3 Å². The molecule has 198 valence electrons. The standard InChI is InChI=1S/C20H30F3N5O3.C4H8/c1-18(2,3)15(26-11-20(21,22)23)17(31)25-10-14(29)27-13(9-24)8-12-4-5-19(6-7-19)28-16(12)30;1-4-2-3-4/h12-13,15,26H,4-8,10-11H2,1-3H3,(H,25,31)(H,27,29)(H,28,30);4H,2-3H2,1H3. The number of halogens is 3. The molecular formula is C24H38F3N5O3. The molecule has 4 N–H and O–H groups in total. The average Bonchev–Trinajstić information content (AvgIpc) is 3.66. The third-order valence-electron chi connectivity index (χ3n) is 6.52. The summed E-state index contributed by atoms with van der Waals surface area (Å²) in [6.45, 7) is 5.27. The van der Waals surface area contributed by atoms with Crippen molar-refractivity contribution in [2.75, 3.05) is 13.1 Å². The number of hydrogen-bond acceptors (Lipinski definition) is 5. The average molecular weight is 502 g/mol. The molecule has 2 aliphatic carbocycles. The summed E-state index contributed by atoms with van der Waals surface area (Å²) < 4.78 is 37.5. The van der Waals surface area contributed by atoms with Crippen molar-refractivity contribution in [3.63, 3.8) is 0 Å². The Kier molecular flexibility index (Phi) is 9.56. The quantitative estimate of drug-likeness (QED) is 0.407. The molecule has 1 spiro atoms. The summed E-state index contributed by atoms with van der Waals surface area (Å²) in [4.78, 5) is 36.7. The van der Waals surface area contributed by atoms with Crippen LogP contribution in [0.15, 0.2) is 0 Å². The SMILES string of the molecule is CC(C)(C)C(NCC(F)(F)F)C(=O)NCC(=O)NC(C#N)CC1CCC2(CC2)NC1=O.CC1CC1. The highest BCUT2D eigenvalue weighted by Gasteiger charge is 2.48. The topological polar surface area (TPSA) is 123 Å². The van der Waals surface area contributed by atoms with Crippen molar-refractivity contribution >= 4 is 17.7 Å². The minimum absolute atomic E-state index is 0.0625. The highest BCUT2D eigenvalue weighted by molar-refractivity contribution is 5.88. The number of rotatable bonds is 8. The van der Waals surface area contributed by atoms with Gasteiger partial charge in [-0.3, -0.25) is 19.7 Å². The molecule has 3 unspecified atom stereocenters. The van der Waals surface area contributed by atoms with E-state index < -0.39 is 48.6 Å². The molecule has 2 saturated carbocycles. The summed E-state index contributed by atoms with van der Waals surface area (Å²) in [5.74, 6) is -0.807. The van der Waals surface area contributed by atoms with Crippen molar-refractivity contribution in [2.45, 2.75) is 96.4 Å². The van der Waals surface area contributed by atoms with Gasteiger partial charge in [0.15, 0.2) is 0 Å². The van der Waals surface area contributed by atoms with E-state index in [-0.39, 0.29) is 23.8 Å². The van der Waals surface area contributed by atoms with Crippen molar-refractivity contribution in [1.29, 1.82) is 5.26 Å². The molecule has 3 fully saturated rings. The molecule has 0 aromatic carbocycles. The second kappa shape index (κ2) is 11.6. The minimum atomic E-state index is -4.48. The number of alkyl halides is 3. The molecule has 3 amide bonds. The van der Waals surface area contributed by atoms with Gasteiger partial charge in [-0.15, -0.1) is 0 Å². The summed E-state index contributed by atoms with van der Waals surface area (Å²) in [5.41, 5.74) is -0.888. The second-order valence-corrected chi connectivity index (χ2v) is 11.2. The third kappa shape index (κ3) is 10.4. The van der Waals surface area contributed by atoms with Crippen molar-refractivity contribution in [3.05, 3.63) is 0 Å². The molecule has 1 aliphatic heterocycles. The van der Waals surface area contributed by atoms with Gasteiger partial charge in [0, 0.05) is 11.5 Å². The van der Waals surface area contributed by atoms with E-state index in [1.54, 1.807) is 20.8 Å². The van der Waals surface area contributed by atoms with Crippen molar-refractivity contribution < 1.29 is 27.6 Å². The summed E-state index contributed by atoms with van der Waals surface area (Å²) in [6.07, 6.45) is 2.09. The van der Waals surface area contributed by atoms with Crippen molar-refractivity contribution in [3.8, 4) is 6.07 Å². The zero-order chi connectivity index (χ0) is 26.4. The van der Waals surface area contributed by atoms with Crippen LogP contribution in [0, 0.1) is 28.6 Å². The summed E-state index contributed by atoms with van der Waals surface area (Å²) in [7, 11) is 0. The molecule has 0 aromatic rings. The lowest BCUT2D eigenvalue weighted by molar-refractivity contribution is -0.136. The second-order valence-electron chi connectivity index (χ2n) is 11.2. The molecule has 0 bridgehead atoms. The Bertz CT molecular complexity index is 811. The first-order valence-corrected chi connectivity index (χ1v) is 12.2. The lowest BCUT2D eigenvalue weighted by Crippen LogP contribution is -2.55. The van der Waals surface area contributed by atoms with Crippen LogP contribution in [0.4, 0.5) is 13.2 Å². The van der Waals surface area contributed by atoms with Gasteiger partial charge in [0.25, 0.3) is 0 Å². The number of nitriles is 1. The predicted octanol–water partition coefficient (Wildman–Crippen LogP) is 2.54. The van der Waals surface area contributed by atoms with E-state index in [9.17, 15) is 32.8 Å². The van der Waals surface area contributed by atoms with Gasteiger partial charge in [-0.05, 0) is 43.4 Å². The highest BCUT2D eigenvalue weighted by atomic mass is 19.4. The van der Waals surface area contributed by atoms with E-state index in [0.29, 0.717) is 6.42 Å². The maximum atomic E-state index is 12.5. The number of piperidine rings is 1. The molecule has 8 nitrogen and oxygen atoms in total. The van der Waals surface area contributed by atoms with Crippen LogP contribution in [0.5, 0.6) is 0 Å². The Balaban J connectivity index is 0.000000975. The first kappa shape index (κ1) is 28.9. The number of hydrogen-bond donors (Lipinski definition) is 4. The normalized spacial score (nSPS) is 22.6. The molecule has 3 rings (SSSR count). The zero-order valence-corrected chi connectivity index (χ0v) is 21.0. The van der Waals surface area contributed by atoms with Crippen LogP contribution in [0.1, 0.15) is 72.6 Å². The lowest BCUT2D eigenvalue weighted by Gasteiger charge is -2.31. The van der Waals surface area contributed by atoms with Crippen LogP contribution >= 0.6 is 0 Å². The first-order valence-electron chi connectivity index (χ1n) is 12.2. The Morgan fingerprint density at radius 2 is 1.77 bits per heavy atom. The van der Waals surface area contributed by atoms with Crippen LogP contribution in [0.2, 0.25) is 0 Å². The van der Waals surface area contributed by atoms with E-state index in [1.165, 1.54) is 12.8 Å². The van der Waals surface area contributed by atoms with Crippen LogP contribution in [0.25, 0.3) is 0 Å².